The molecule has 5 nitrogen and oxygen atoms in total. The zero-order valence-electron chi connectivity index (χ0n) is 15.7. The Morgan fingerprint density at radius 2 is 1.92 bits per heavy atom. The maximum absolute atomic E-state index is 11.7. The predicted molar refractivity (Wildman–Crippen MR) is 115 cm³/mol. The molecule has 3 rings (SSSR count). The molecule has 0 unspecified atom stereocenters. The topological polar surface area (TPSA) is 53.9 Å². The van der Waals surface area contributed by atoms with Gasteiger partial charge in [0.1, 0.15) is 0 Å². The lowest BCUT2D eigenvalue weighted by atomic mass is 9.64. The van der Waals surface area contributed by atoms with E-state index in [-0.39, 0.29) is 41.3 Å². The van der Waals surface area contributed by atoms with Crippen LogP contribution in [0.3, 0.4) is 0 Å². The number of ether oxygens (including phenoxy) is 1. The SMILES string of the molecule is CN=C(NCC1(c2ccccc2)CCC1)N1CCC(C(=O)OC)CC1.I. The molecule has 1 aromatic carbocycles. The summed E-state index contributed by atoms with van der Waals surface area (Å²) in [5.41, 5.74) is 1.66. The molecule has 1 aliphatic carbocycles. The van der Waals surface area contributed by atoms with E-state index in [9.17, 15) is 4.79 Å². The van der Waals surface area contributed by atoms with E-state index >= 15 is 0 Å². The highest BCUT2D eigenvalue weighted by Gasteiger charge is 2.39. The summed E-state index contributed by atoms with van der Waals surface area (Å²) < 4.78 is 4.87. The summed E-state index contributed by atoms with van der Waals surface area (Å²) in [6.45, 7) is 2.61. The summed E-state index contributed by atoms with van der Waals surface area (Å²) in [6.07, 6.45) is 5.41. The zero-order valence-corrected chi connectivity index (χ0v) is 18.1. The minimum Gasteiger partial charge on any atom is -0.469 e. The van der Waals surface area contributed by atoms with Crippen molar-refractivity contribution in [2.24, 2.45) is 10.9 Å². The van der Waals surface area contributed by atoms with Crippen LogP contribution in [0.5, 0.6) is 0 Å². The molecule has 0 amide bonds. The van der Waals surface area contributed by atoms with E-state index in [0.29, 0.717) is 0 Å². The lowest BCUT2D eigenvalue weighted by Crippen LogP contribution is -2.52. The van der Waals surface area contributed by atoms with Crippen molar-refractivity contribution < 1.29 is 9.53 Å². The first-order chi connectivity index (χ1) is 12.2. The number of hydrogen-bond acceptors (Lipinski definition) is 3. The van der Waals surface area contributed by atoms with E-state index in [1.807, 2.05) is 7.05 Å². The Morgan fingerprint density at radius 3 is 2.42 bits per heavy atom. The number of aliphatic imine (C=N–C) groups is 1. The van der Waals surface area contributed by atoms with Crippen LogP contribution in [0.4, 0.5) is 0 Å². The van der Waals surface area contributed by atoms with Gasteiger partial charge in [-0.25, -0.2) is 0 Å². The van der Waals surface area contributed by atoms with Gasteiger partial charge in [-0.15, -0.1) is 24.0 Å². The second kappa shape index (κ2) is 9.58. The van der Waals surface area contributed by atoms with Gasteiger partial charge in [0.15, 0.2) is 5.96 Å². The Kier molecular flexibility index (Phi) is 7.73. The van der Waals surface area contributed by atoms with Crippen LogP contribution in [0.1, 0.15) is 37.7 Å². The molecule has 144 valence electrons. The van der Waals surface area contributed by atoms with Gasteiger partial charge in [0, 0.05) is 32.1 Å². The van der Waals surface area contributed by atoms with Crippen molar-refractivity contribution in [3.05, 3.63) is 35.9 Å². The van der Waals surface area contributed by atoms with Crippen molar-refractivity contribution in [1.29, 1.82) is 0 Å². The molecule has 1 saturated carbocycles. The first-order valence-electron chi connectivity index (χ1n) is 9.27. The van der Waals surface area contributed by atoms with E-state index in [1.165, 1.54) is 31.9 Å². The molecule has 1 aromatic rings. The third-order valence-electron chi connectivity index (χ3n) is 5.82. The van der Waals surface area contributed by atoms with Crippen LogP contribution in [0.15, 0.2) is 35.3 Å². The molecule has 0 atom stereocenters. The summed E-state index contributed by atoms with van der Waals surface area (Å²) in [7, 11) is 3.31. The first kappa shape index (κ1) is 21.0. The lowest BCUT2D eigenvalue weighted by molar-refractivity contribution is -0.146. The fourth-order valence-corrected chi connectivity index (χ4v) is 4.04. The number of benzene rings is 1. The van der Waals surface area contributed by atoms with Gasteiger partial charge in [0.05, 0.1) is 13.0 Å². The van der Waals surface area contributed by atoms with Crippen molar-refractivity contribution >= 4 is 35.9 Å². The van der Waals surface area contributed by atoms with E-state index in [1.54, 1.807) is 0 Å². The number of halogens is 1. The van der Waals surface area contributed by atoms with Crippen LogP contribution in [0.2, 0.25) is 0 Å². The van der Waals surface area contributed by atoms with E-state index in [2.05, 4.69) is 45.5 Å². The number of esters is 1. The number of nitrogens with one attached hydrogen (secondary N) is 1. The van der Waals surface area contributed by atoms with Crippen LogP contribution in [-0.2, 0) is 14.9 Å². The fraction of sp³-hybridized carbons (Fsp3) is 0.600. The molecule has 6 heteroatoms. The van der Waals surface area contributed by atoms with Gasteiger partial charge in [-0.05, 0) is 31.2 Å². The van der Waals surface area contributed by atoms with Crippen molar-refractivity contribution in [1.82, 2.24) is 10.2 Å². The molecular formula is C20H30IN3O2. The molecule has 26 heavy (non-hydrogen) atoms. The Bertz CT molecular complexity index is 609. The van der Waals surface area contributed by atoms with Gasteiger partial charge in [-0.2, -0.15) is 0 Å². The molecule has 0 bridgehead atoms. The van der Waals surface area contributed by atoms with Crippen molar-refractivity contribution in [3.8, 4) is 0 Å². The van der Waals surface area contributed by atoms with Gasteiger partial charge < -0.3 is 15.0 Å². The molecule has 1 N–H and O–H groups in total. The number of methoxy groups -OCH3 is 1. The maximum Gasteiger partial charge on any atom is 0.308 e. The number of carbonyl (C=O) groups is 1. The van der Waals surface area contributed by atoms with Crippen LogP contribution >= 0.6 is 24.0 Å². The second-order valence-electron chi connectivity index (χ2n) is 7.19. The average Bonchev–Trinajstić information content (AvgIpc) is 2.64. The molecule has 0 aromatic heterocycles. The Morgan fingerprint density at radius 1 is 1.27 bits per heavy atom. The number of piperidine rings is 1. The van der Waals surface area contributed by atoms with Crippen molar-refractivity contribution in [2.45, 2.75) is 37.5 Å². The van der Waals surface area contributed by atoms with Gasteiger partial charge in [-0.1, -0.05) is 36.8 Å². The van der Waals surface area contributed by atoms with Crippen LogP contribution < -0.4 is 5.32 Å². The predicted octanol–water partition coefficient (Wildman–Crippen LogP) is 3.19. The number of hydrogen-bond donors (Lipinski definition) is 1. The Balaban J connectivity index is 0.00000243. The number of rotatable bonds is 4. The molecule has 0 radical (unpaired) electrons. The van der Waals surface area contributed by atoms with E-state index in [4.69, 9.17) is 4.74 Å². The Hall–Kier alpha value is -1.31. The van der Waals surface area contributed by atoms with Crippen LogP contribution in [0, 0.1) is 5.92 Å². The maximum atomic E-state index is 11.7. The number of guanidine groups is 1. The minimum atomic E-state index is -0.0832. The second-order valence-corrected chi connectivity index (χ2v) is 7.19. The molecule has 2 aliphatic rings. The first-order valence-corrected chi connectivity index (χ1v) is 9.27. The molecule has 1 aliphatic heterocycles. The van der Waals surface area contributed by atoms with Crippen LogP contribution in [0.25, 0.3) is 0 Å². The smallest absolute Gasteiger partial charge is 0.308 e. The summed E-state index contributed by atoms with van der Waals surface area (Å²) >= 11 is 0. The molecular weight excluding hydrogens is 441 g/mol. The molecule has 1 heterocycles. The van der Waals surface area contributed by atoms with Crippen LogP contribution in [-0.4, -0.2) is 50.6 Å². The standard InChI is InChI=1S/C20H29N3O2.HI/c1-21-19(23-13-9-16(10-14-23)18(24)25-2)22-15-20(11-6-12-20)17-7-4-3-5-8-17;/h3-5,7-8,16H,6,9-15H2,1-2H3,(H,21,22);1H. The van der Waals surface area contributed by atoms with E-state index < -0.39 is 0 Å². The highest BCUT2D eigenvalue weighted by molar-refractivity contribution is 14.0. The van der Waals surface area contributed by atoms with Gasteiger partial charge in [-0.3, -0.25) is 9.79 Å². The third-order valence-corrected chi connectivity index (χ3v) is 5.82. The van der Waals surface area contributed by atoms with E-state index in [0.717, 1.165) is 38.4 Å². The zero-order chi connectivity index (χ0) is 17.7. The quantitative estimate of drug-likeness (QED) is 0.317. The van der Waals surface area contributed by atoms with Crippen molar-refractivity contribution in [3.63, 3.8) is 0 Å². The van der Waals surface area contributed by atoms with Gasteiger partial charge in [0.2, 0.25) is 0 Å². The average molecular weight is 471 g/mol. The van der Waals surface area contributed by atoms with Gasteiger partial charge >= 0.3 is 5.97 Å². The minimum absolute atomic E-state index is 0. The molecule has 0 spiro atoms. The number of carbonyl (C=O) groups excluding carboxylic acids is 1. The normalized spacial score (nSPS) is 19.9. The molecule has 1 saturated heterocycles. The number of likely N-dealkylation sites (tertiary alicyclic amines) is 1. The monoisotopic (exact) mass is 471 g/mol. The number of nitrogens with zero attached hydrogens (tertiary/aromatic N) is 2. The summed E-state index contributed by atoms with van der Waals surface area (Å²) in [6, 6.07) is 10.8. The Labute approximate surface area is 173 Å². The summed E-state index contributed by atoms with van der Waals surface area (Å²) in [5.74, 6) is 0.896. The fourth-order valence-electron chi connectivity index (χ4n) is 4.04. The lowest BCUT2D eigenvalue weighted by Gasteiger charge is -2.44. The largest absolute Gasteiger partial charge is 0.469 e. The third kappa shape index (κ3) is 4.50. The highest BCUT2D eigenvalue weighted by Crippen LogP contribution is 2.43. The van der Waals surface area contributed by atoms with Gasteiger partial charge in [0.25, 0.3) is 0 Å². The highest BCUT2D eigenvalue weighted by atomic mass is 127. The summed E-state index contributed by atoms with van der Waals surface area (Å²) in [5, 5.41) is 3.60. The van der Waals surface area contributed by atoms with Crippen molar-refractivity contribution in [2.75, 3.05) is 33.8 Å². The summed E-state index contributed by atoms with van der Waals surface area (Å²) in [4.78, 5) is 18.4. The molecule has 2 fully saturated rings.